The molecular weight excluding hydrogens is 358 g/mol. The first-order chi connectivity index (χ1) is 13.5. The Labute approximate surface area is 168 Å². The minimum atomic E-state index is -0.431. The van der Waals surface area contributed by atoms with Crippen LogP contribution in [-0.4, -0.2) is 56.8 Å². The van der Waals surface area contributed by atoms with E-state index in [1.54, 1.807) is 0 Å². The zero-order valence-electron chi connectivity index (χ0n) is 17.6. The fourth-order valence-electron chi connectivity index (χ4n) is 2.70. The first kappa shape index (κ1) is 23.8. The average Bonchev–Trinajstić information content (AvgIpc) is 3.25. The van der Waals surface area contributed by atoms with Crippen LogP contribution < -0.4 is 15.4 Å². The number of likely N-dealkylation sites (tertiary alicyclic amines) is 1. The quantitative estimate of drug-likeness (QED) is 0.664. The summed E-state index contributed by atoms with van der Waals surface area (Å²) in [7, 11) is 1.34. The lowest BCUT2D eigenvalue weighted by Crippen LogP contribution is -2.32. The maximum absolute atomic E-state index is 12.0. The van der Waals surface area contributed by atoms with E-state index in [-0.39, 0.29) is 18.6 Å². The molecule has 0 spiro atoms. The van der Waals surface area contributed by atoms with Crippen molar-refractivity contribution < 1.29 is 19.1 Å². The van der Waals surface area contributed by atoms with Gasteiger partial charge in [-0.25, -0.2) is 4.79 Å². The lowest BCUT2D eigenvalue weighted by Gasteiger charge is -2.17. The molecule has 1 aromatic rings. The molecule has 1 aliphatic rings. The van der Waals surface area contributed by atoms with Gasteiger partial charge in [-0.2, -0.15) is 0 Å². The molecule has 2 N–H and O–H groups in total. The Kier molecular flexibility index (Phi) is 11.7. The standard InChI is InChI=1S/C18H27N3O4.C3H8/c1-14(19-9-10-20-18(23)24-2)15-5-7-16(8-6-15)25-13-17(22)21-11-3-4-12-21;1-3-2/h5-8,14,19H,3-4,9-13H2,1-2H3,(H,20,23);3H2,1-2H3. The molecule has 2 amide bonds. The molecule has 28 heavy (non-hydrogen) atoms. The Bertz CT molecular complexity index is 572. The number of nitrogens with zero attached hydrogens (tertiary/aromatic N) is 1. The number of methoxy groups -OCH3 is 1. The number of carbonyl (C=O) groups is 2. The Morgan fingerprint density at radius 1 is 1.11 bits per heavy atom. The molecule has 0 aliphatic carbocycles. The van der Waals surface area contributed by atoms with E-state index < -0.39 is 6.09 Å². The highest BCUT2D eigenvalue weighted by Crippen LogP contribution is 2.18. The van der Waals surface area contributed by atoms with Crippen LogP contribution in [0.15, 0.2) is 24.3 Å². The molecule has 158 valence electrons. The molecular formula is C21H35N3O4. The summed E-state index contributed by atoms with van der Waals surface area (Å²) in [6, 6.07) is 7.83. The fraction of sp³-hybridized carbons (Fsp3) is 0.619. The molecule has 1 atom stereocenters. The summed E-state index contributed by atoms with van der Waals surface area (Å²) in [5.41, 5.74) is 1.11. The predicted octanol–water partition coefficient (Wildman–Crippen LogP) is 3.11. The van der Waals surface area contributed by atoms with Crippen LogP contribution in [0, 0.1) is 0 Å². The van der Waals surface area contributed by atoms with Gasteiger partial charge in [0.1, 0.15) is 5.75 Å². The van der Waals surface area contributed by atoms with Gasteiger partial charge in [-0.1, -0.05) is 32.4 Å². The third kappa shape index (κ3) is 9.08. The van der Waals surface area contributed by atoms with Crippen LogP contribution in [0.4, 0.5) is 4.79 Å². The van der Waals surface area contributed by atoms with Crippen LogP contribution >= 0.6 is 0 Å². The van der Waals surface area contributed by atoms with Gasteiger partial charge in [0.15, 0.2) is 6.61 Å². The zero-order valence-corrected chi connectivity index (χ0v) is 17.6. The molecule has 1 fully saturated rings. The van der Waals surface area contributed by atoms with E-state index in [1.807, 2.05) is 36.1 Å². The van der Waals surface area contributed by atoms with E-state index in [4.69, 9.17) is 4.74 Å². The maximum Gasteiger partial charge on any atom is 0.406 e. The Morgan fingerprint density at radius 2 is 1.71 bits per heavy atom. The van der Waals surface area contributed by atoms with Gasteiger partial charge < -0.3 is 25.0 Å². The number of benzene rings is 1. The van der Waals surface area contributed by atoms with Crippen molar-refractivity contribution in [2.24, 2.45) is 0 Å². The molecule has 0 radical (unpaired) electrons. The SMILES string of the molecule is CCC.COC(=O)NCCNC(C)c1ccc(OCC(=O)N2CCCC2)cc1. The van der Waals surface area contributed by atoms with Gasteiger partial charge in [0.25, 0.3) is 5.91 Å². The van der Waals surface area contributed by atoms with E-state index in [9.17, 15) is 9.59 Å². The molecule has 7 heteroatoms. The number of amides is 2. The number of carbonyl (C=O) groups excluding carboxylic acids is 2. The van der Waals surface area contributed by atoms with E-state index in [1.165, 1.54) is 13.5 Å². The highest BCUT2D eigenvalue weighted by atomic mass is 16.5. The van der Waals surface area contributed by atoms with E-state index >= 15 is 0 Å². The second-order valence-corrected chi connectivity index (χ2v) is 6.75. The third-order valence-electron chi connectivity index (χ3n) is 4.23. The molecule has 1 saturated heterocycles. The summed E-state index contributed by atoms with van der Waals surface area (Å²) in [5, 5.41) is 5.93. The lowest BCUT2D eigenvalue weighted by molar-refractivity contribution is -0.132. The van der Waals surface area contributed by atoms with Crippen LogP contribution in [-0.2, 0) is 9.53 Å². The lowest BCUT2D eigenvalue weighted by atomic mass is 10.1. The van der Waals surface area contributed by atoms with Crippen LogP contribution in [0.3, 0.4) is 0 Å². The topological polar surface area (TPSA) is 79.9 Å². The molecule has 0 aromatic heterocycles. The fourth-order valence-corrected chi connectivity index (χ4v) is 2.70. The van der Waals surface area contributed by atoms with Gasteiger partial charge in [-0.3, -0.25) is 4.79 Å². The Hall–Kier alpha value is -2.28. The van der Waals surface area contributed by atoms with Crippen molar-refractivity contribution in [1.29, 1.82) is 0 Å². The third-order valence-corrected chi connectivity index (χ3v) is 4.23. The molecule has 7 nitrogen and oxygen atoms in total. The van der Waals surface area contributed by atoms with Crippen LogP contribution in [0.1, 0.15) is 51.6 Å². The number of alkyl carbamates (subject to hydrolysis) is 1. The summed E-state index contributed by atoms with van der Waals surface area (Å²) < 4.78 is 10.1. The van der Waals surface area contributed by atoms with Crippen LogP contribution in [0.25, 0.3) is 0 Å². The van der Waals surface area contributed by atoms with Crippen molar-refractivity contribution in [1.82, 2.24) is 15.5 Å². The number of hydrogen-bond acceptors (Lipinski definition) is 5. The second-order valence-electron chi connectivity index (χ2n) is 6.75. The minimum Gasteiger partial charge on any atom is -0.484 e. The van der Waals surface area contributed by atoms with E-state index in [0.29, 0.717) is 18.8 Å². The number of rotatable bonds is 8. The van der Waals surface area contributed by atoms with Gasteiger partial charge in [0.2, 0.25) is 0 Å². The molecule has 0 saturated carbocycles. The van der Waals surface area contributed by atoms with Crippen molar-refractivity contribution >= 4 is 12.0 Å². The largest absolute Gasteiger partial charge is 0.484 e. The summed E-state index contributed by atoms with van der Waals surface area (Å²) in [5.74, 6) is 0.741. The molecule has 1 aromatic carbocycles. The van der Waals surface area contributed by atoms with Gasteiger partial charge in [-0.15, -0.1) is 0 Å². The van der Waals surface area contributed by atoms with Gasteiger partial charge in [0, 0.05) is 32.2 Å². The average molecular weight is 394 g/mol. The molecule has 0 bridgehead atoms. The highest BCUT2D eigenvalue weighted by molar-refractivity contribution is 5.78. The molecule has 1 aliphatic heterocycles. The van der Waals surface area contributed by atoms with Gasteiger partial charge in [-0.05, 0) is 37.5 Å². The summed E-state index contributed by atoms with van der Waals surface area (Å²) >= 11 is 0. The van der Waals surface area contributed by atoms with Crippen molar-refractivity contribution in [2.75, 3.05) is 39.9 Å². The predicted molar refractivity (Wildman–Crippen MR) is 111 cm³/mol. The van der Waals surface area contributed by atoms with Gasteiger partial charge >= 0.3 is 6.09 Å². The van der Waals surface area contributed by atoms with Gasteiger partial charge in [0.05, 0.1) is 7.11 Å². The second kappa shape index (κ2) is 13.8. The van der Waals surface area contributed by atoms with Crippen molar-refractivity contribution in [3.63, 3.8) is 0 Å². The van der Waals surface area contributed by atoms with Crippen molar-refractivity contribution in [2.45, 2.75) is 46.1 Å². The first-order valence-electron chi connectivity index (χ1n) is 10.1. The smallest absolute Gasteiger partial charge is 0.406 e. The van der Waals surface area contributed by atoms with Crippen LogP contribution in [0.5, 0.6) is 5.75 Å². The van der Waals surface area contributed by atoms with E-state index in [0.717, 1.165) is 31.5 Å². The van der Waals surface area contributed by atoms with Crippen molar-refractivity contribution in [3.8, 4) is 5.75 Å². The summed E-state index contributed by atoms with van der Waals surface area (Å²) in [4.78, 5) is 24.8. The minimum absolute atomic E-state index is 0.0507. The molecule has 2 rings (SSSR count). The summed E-state index contributed by atoms with van der Waals surface area (Å²) in [6.07, 6.45) is 2.99. The number of hydrogen-bond donors (Lipinski definition) is 2. The highest BCUT2D eigenvalue weighted by Gasteiger charge is 2.18. The Balaban J connectivity index is 0.00000122. The molecule has 1 heterocycles. The monoisotopic (exact) mass is 393 g/mol. The number of nitrogens with one attached hydrogen (secondary N) is 2. The zero-order chi connectivity index (χ0) is 20.8. The Morgan fingerprint density at radius 3 is 2.29 bits per heavy atom. The first-order valence-corrected chi connectivity index (χ1v) is 10.1. The van der Waals surface area contributed by atoms with Crippen LogP contribution in [0.2, 0.25) is 0 Å². The number of ether oxygens (including phenoxy) is 2. The molecule has 1 unspecified atom stereocenters. The van der Waals surface area contributed by atoms with Crippen molar-refractivity contribution in [3.05, 3.63) is 29.8 Å². The normalized spacial score (nSPS) is 13.9. The van der Waals surface area contributed by atoms with E-state index in [2.05, 4.69) is 29.2 Å². The summed E-state index contributed by atoms with van der Waals surface area (Å²) in [6.45, 7) is 9.21. The maximum atomic E-state index is 12.0.